The van der Waals surface area contributed by atoms with Gasteiger partial charge in [-0.2, -0.15) is 0 Å². The SMILES string of the molecule is CCN(CC)C1CCC(CNC(N)NC(=O)c2ccccc2CCc2cc(Br)ccc2OC)CC1. The zero-order chi connectivity index (χ0) is 25.2. The molecule has 0 aromatic heterocycles. The molecule has 35 heavy (non-hydrogen) atoms. The molecule has 2 aromatic rings. The monoisotopic (exact) mass is 544 g/mol. The van der Waals surface area contributed by atoms with Gasteiger partial charge in [0, 0.05) is 22.6 Å². The Kier molecular flexibility index (Phi) is 11.0. The van der Waals surface area contributed by atoms with Gasteiger partial charge in [0.1, 0.15) is 12.0 Å². The van der Waals surface area contributed by atoms with E-state index in [0.29, 0.717) is 17.5 Å². The quantitative estimate of drug-likeness (QED) is 0.337. The van der Waals surface area contributed by atoms with Gasteiger partial charge in [-0.3, -0.25) is 15.8 Å². The topological polar surface area (TPSA) is 79.6 Å². The van der Waals surface area contributed by atoms with Crippen LogP contribution in [0.1, 0.15) is 61.0 Å². The fourth-order valence-electron chi connectivity index (χ4n) is 5.19. The first-order valence-electron chi connectivity index (χ1n) is 12.9. The Bertz CT molecular complexity index is 942. The van der Waals surface area contributed by atoms with Gasteiger partial charge < -0.3 is 15.0 Å². The summed E-state index contributed by atoms with van der Waals surface area (Å²) in [6, 6.07) is 14.4. The third kappa shape index (κ3) is 8.04. The van der Waals surface area contributed by atoms with E-state index in [1.54, 1.807) is 7.11 Å². The van der Waals surface area contributed by atoms with E-state index < -0.39 is 6.29 Å². The van der Waals surface area contributed by atoms with Crippen molar-refractivity contribution in [3.8, 4) is 5.75 Å². The van der Waals surface area contributed by atoms with Gasteiger partial charge in [-0.05, 0) is 92.9 Å². The number of carbonyl (C=O) groups excluding carboxylic acids is 1. The van der Waals surface area contributed by atoms with Crippen molar-refractivity contribution in [1.82, 2.24) is 15.5 Å². The molecule has 0 spiro atoms. The normalized spacial score (nSPS) is 18.9. The number of benzene rings is 2. The summed E-state index contributed by atoms with van der Waals surface area (Å²) in [5, 5.41) is 6.27. The van der Waals surface area contributed by atoms with Gasteiger partial charge >= 0.3 is 0 Å². The predicted octanol–water partition coefficient (Wildman–Crippen LogP) is 4.71. The van der Waals surface area contributed by atoms with Crippen LogP contribution in [-0.4, -0.2) is 49.9 Å². The molecule has 0 bridgehead atoms. The average molecular weight is 546 g/mol. The first-order chi connectivity index (χ1) is 16.9. The summed E-state index contributed by atoms with van der Waals surface area (Å²) in [5.41, 5.74) is 9.01. The second-order valence-corrected chi connectivity index (χ2v) is 10.3. The highest BCUT2D eigenvalue weighted by molar-refractivity contribution is 9.10. The number of aryl methyl sites for hydroxylation is 2. The number of ether oxygens (including phenoxy) is 1. The summed E-state index contributed by atoms with van der Waals surface area (Å²) in [6.45, 7) is 7.57. The predicted molar refractivity (Wildman–Crippen MR) is 147 cm³/mol. The molecule has 0 aliphatic heterocycles. The molecule has 1 aliphatic rings. The highest BCUT2D eigenvalue weighted by Gasteiger charge is 2.24. The Hall–Kier alpha value is -1.93. The van der Waals surface area contributed by atoms with Crippen molar-refractivity contribution in [3.63, 3.8) is 0 Å². The maximum atomic E-state index is 13.0. The Balaban J connectivity index is 1.50. The van der Waals surface area contributed by atoms with Crippen molar-refractivity contribution in [2.24, 2.45) is 11.7 Å². The number of rotatable bonds is 12. The van der Waals surface area contributed by atoms with E-state index >= 15 is 0 Å². The van der Waals surface area contributed by atoms with E-state index in [4.69, 9.17) is 10.5 Å². The lowest BCUT2D eigenvalue weighted by molar-refractivity contribution is 0.0926. The molecule has 1 atom stereocenters. The number of carbonyl (C=O) groups is 1. The molecule has 3 rings (SSSR count). The molecule has 1 unspecified atom stereocenters. The second kappa shape index (κ2) is 14.0. The third-order valence-corrected chi connectivity index (χ3v) is 7.72. The molecule has 1 saturated carbocycles. The van der Waals surface area contributed by atoms with E-state index in [9.17, 15) is 4.79 Å². The van der Waals surface area contributed by atoms with Crippen LogP contribution in [0.5, 0.6) is 5.75 Å². The van der Waals surface area contributed by atoms with Gasteiger partial charge in [-0.25, -0.2) is 0 Å². The van der Waals surface area contributed by atoms with Crippen LogP contribution >= 0.6 is 15.9 Å². The maximum absolute atomic E-state index is 13.0. The summed E-state index contributed by atoms with van der Waals surface area (Å²) in [7, 11) is 1.68. The van der Waals surface area contributed by atoms with Crippen LogP contribution in [0.25, 0.3) is 0 Å². The second-order valence-electron chi connectivity index (χ2n) is 9.37. The van der Waals surface area contributed by atoms with Gasteiger partial charge in [-0.15, -0.1) is 0 Å². The molecule has 4 N–H and O–H groups in total. The zero-order valence-electron chi connectivity index (χ0n) is 21.4. The largest absolute Gasteiger partial charge is 0.496 e. The van der Waals surface area contributed by atoms with E-state index in [1.165, 1.54) is 25.7 Å². The fraction of sp³-hybridized carbons (Fsp3) is 0.536. The molecule has 0 heterocycles. The number of nitrogens with one attached hydrogen (secondary N) is 2. The van der Waals surface area contributed by atoms with E-state index in [0.717, 1.165) is 53.8 Å². The molecule has 7 heteroatoms. The van der Waals surface area contributed by atoms with Crippen molar-refractivity contribution < 1.29 is 9.53 Å². The highest BCUT2D eigenvalue weighted by atomic mass is 79.9. The Labute approximate surface area is 219 Å². The summed E-state index contributed by atoms with van der Waals surface area (Å²) < 4.78 is 6.51. The molecular weight excluding hydrogens is 504 g/mol. The molecular formula is C28H41BrN4O2. The number of amides is 1. The average Bonchev–Trinajstić information content (AvgIpc) is 2.88. The van der Waals surface area contributed by atoms with Gasteiger partial charge in [0.25, 0.3) is 5.91 Å². The van der Waals surface area contributed by atoms with Gasteiger partial charge in [0.2, 0.25) is 0 Å². The van der Waals surface area contributed by atoms with Gasteiger partial charge in [0.05, 0.1) is 7.11 Å². The smallest absolute Gasteiger partial charge is 0.253 e. The summed E-state index contributed by atoms with van der Waals surface area (Å²) in [5.74, 6) is 1.32. The molecule has 6 nitrogen and oxygen atoms in total. The molecule has 1 fully saturated rings. The van der Waals surface area contributed by atoms with Crippen LogP contribution in [0, 0.1) is 5.92 Å². The van der Waals surface area contributed by atoms with Gasteiger partial charge in [0.15, 0.2) is 0 Å². The van der Waals surface area contributed by atoms with Crippen LogP contribution in [-0.2, 0) is 12.8 Å². The van der Waals surface area contributed by atoms with Crippen molar-refractivity contribution >= 4 is 21.8 Å². The van der Waals surface area contributed by atoms with Crippen LogP contribution in [0.15, 0.2) is 46.9 Å². The highest BCUT2D eigenvalue weighted by Crippen LogP contribution is 2.27. The Morgan fingerprint density at radius 3 is 2.46 bits per heavy atom. The number of methoxy groups -OCH3 is 1. The summed E-state index contributed by atoms with van der Waals surface area (Å²) in [6.07, 6.45) is 5.83. The van der Waals surface area contributed by atoms with Crippen LogP contribution < -0.4 is 21.1 Å². The van der Waals surface area contributed by atoms with Crippen molar-refractivity contribution in [2.75, 3.05) is 26.7 Å². The molecule has 1 aliphatic carbocycles. The van der Waals surface area contributed by atoms with Crippen molar-refractivity contribution in [1.29, 1.82) is 0 Å². The number of hydrogen-bond donors (Lipinski definition) is 3. The summed E-state index contributed by atoms with van der Waals surface area (Å²) >= 11 is 3.53. The molecule has 2 aromatic carbocycles. The van der Waals surface area contributed by atoms with Crippen LogP contribution in [0.2, 0.25) is 0 Å². The Morgan fingerprint density at radius 2 is 1.77 bits per heavy atom. The van der Waals surface area contributed by atoms with Crippen molar-refractivity contribution in [3.05, 3.63) is 63.6 Å². The summed E-state index contributed by atoms with van der Waals surface area (Å²) in [4.78, 5) is 15.6. The first-order valence-corrected chi connectivity index (χ1v) is 13.7. The van der Waals surface area contributed by atoms with Crippen LogP contribution in [0.4, 0.5) is 0 Å². The molecule has 0 saturated heterocycles. The minimum atomic E-state index is -0.568. The van der Waals surface area contributed by atoms with Gasteiger partial charge in [-0.1, -0.05) is 48.0 Å². The van der Waals surface area contributed by atoms with E-state index in [2.05, 4.69) is 51.4 Å². The minimum Gasteiger partial charge on any atom is -0.496 e. The first kappa shape index (κ1) is 27.7. The maximum Gasteiger partial charge on any atom is 0.253 e. The van der Waals surface area contributed by atoms with Crippen LogP contribution in [0.3, 0.4) is 0 Å². The number of halogens is 1. The molecule has 192 valence electrons. The number of hydrogen-bond acceptors (Lipinski definition) is 5. The van der Waals surface area contributed by atoms with Crippen molar-refractivity contribution in [2.45, 2.75) is 64.7 Å². The third-order valence-electron chi connectivity index (χ3n) is 7.23. The standard InChI is InChI=1S/C28H41BrN4O2/c1-4-33(5-2)24-15-10-20(11-16-24)19-31-28(30)32-27(34)25-9-7-6-8-21(25)12-13-22-18-23(29)14-17-26(22)35-3/h6-9,14,17-18,20,24,28,31H,4-5,10-13,15-16,19,30H2,1-3H3,(H,32,34). The van der Waals surface area contributed by atoms with E-state index in [1.807, 2.05) is 36.4 Å². The Morgan fingerprint density at radius 1 is 1.09 bits per heavy atom. The number of nitrogens with two attached hydrogens (primary N) is 1. The molecule has 0 radical (unpaired) electrons. The zero-order valence-corrected chi connectivity index (χ0v) is 22.9. The fourth-order valence-corrected chi connectivity index (χ4v) is 5.60. The lowest BCUT2D eigenvalue weighted by atomic mass is 9.85. The molecule has 1 amide bonds. The lowest BCUT2D eigenvalue weighted by Gasteiger charge is -2.36. The number of nitrogens with zero attached hydrogens (tertiary/aromatic N) is 1. The lowest BCUT2D eigenvalue weighted by Crippen LogP contribution is -2.53. The van der Waals surface area contributed by atoms with E-state index in [-0.39, 0.29) is 5.91 Å². The minimum absolute atomic E-state index is 0.146.